The van der Waals surface area contributed by atoms with E-state index in [9.17, 15) is 0 Å². The first-order valence-electron chi connectivity index (χ1n) is 6.96. The van der Waals surface area contributed by atoms with Crippen molar-refractivity contribution < 1.29 is 0 Å². The molecule has 0 atom stereocenters. The van der Waals surface area contributed by atoms with Crippen LogP contribution in [-0.4, -0.2) is 19.6 Å². The first kappa shape index (κ1) is 15.0. The van der Waals surface area contributed by atoms with Crippen LogP contribution in [0.5, 0.6) is 0 Å². The van der Waals surface area contributed by atoms with Gasteiger partial charge in [0.05, 0.1) is 0 Å². The molecule has 0 aliphatic rings. The van der Waals surface area contributed by atoms with E-state index >= 15 is 0 Å². The van der Waals surface area contributed by atoms with E-state index in [0.717, 1.165) is 13.1 Å². The van der Waals surface area contributed by atoms with Crippen molar-refractivity contribution in [2.24, 2.45) is 5.92 Å². The van der Waals surface area contributed by atoms with Crippen LogP contribution in [0.1, 0.15) is 38.8 Å². The molecule has 102 valence electrons. The fourth-order valence-corrected chi connectivity index (χ4v) is 2.31. The summed E-state index contributed by atoms with van der Waals surface area (Å²) in [6, 6.07) is 7.31. The molecule has 0 bridgehead atoms. The number of hydrogen-bond acceptors (Lipinski definition) is 2. The minimum Gasteiger partial charge on any atom is -0.369 e. The Morgan fingerprint density at radius 1 is 1.17 bits per heavy atom. The van der Waals surface area contributed by atoms with Crippen molar-refractivity contribution in [3.8, 4) is 0 Å². The van der Waals surface area contributed by atoms with Crippen molar-refractivity contribution in [1.29, 1.82) is 0 Å². The van der Waals surface area contributed by atoms with E-state index in [1.807, 2.05) is 7.05 Å². The summed E-state index contributed by atoms with van der Waals surface area (Å²) in [6.07, 6.45) is 0. The molecule has 1 N–H and O–H groups in total. The SMILES string of the molecule is CNCc1cc(C)ccc1N(CC(C)C)C(C)C. The monoisotopic (exact) mass is 248 g/mol. The van der Waals surface area contributed by atoms with E-state index in [4.69, 9.17) is 0 Å². The van der Waals surface area contributed by atoms with Gasteiger partial charge in [-0.25, -0.2) is 0 Å². The second kappa shape index (κ2) is 6.79. The fraction of sp³-hybridized carbons (Fsp3) is 0.625. The van der Waals surface area contributed by atoms with E-state index in [1.165, 1.54) is 16.8 Å². The molecule has 0 heterocycles. The summed E-state index contributed by atoms with van der Waals surface area (Å²) in [5.74, 6) is 0.677. The third-order valence-electron chi connectivity index (χ3n) is 3.10. The van der Waals surface area contributed by atoms with Crippen molar-refractivity contribution in [3.63, 3.8) is 0 Å². The van der Waals surface area contributed by atoms with Gasteiger partial charge in [0.25, 0.3) is 0 Å². The smallest absolute Gasteiger partial charge is 0.0414 e. The molecule has 0 aliphatic carbocycles. The third-order valence-corrected chi connectivity index (χ3v) is 3.10. The maximum Gasteiger partial charge on any atom is 0.0414 e. The van der Waals surface area contributed by atoms with E-state index in [-0.39, 0.29) is 0 Å². The van der Waals surface area contributed by atoms with Crippen LogP contribution in [0.25, 0.3) is 0 Å². The van der Waals surface area contributed by atoms with Crippen molar-refractivity contribution in [2.45, 2.75) is 47.2 Å². The van der Waals surface area contributed by atoms with Crippen LogP contribution >= 0.6 is 0 Å². The molecule has 0 amide bonds. The van der Waals surface area contributed by atoms with E-state index in [0.29, 0.717) is 12.0 Å². The van der Waals surface area contributed by atoms with Crippen LogP contribution in [0, 0.1) is 12.8 Å². The zero-order chi connectivity index (χ0) is 13.7. The summed E-state index contributed by atoms with van der Waals surface area (Å²) in [5, 5.41) is 3.27. The molecular formula is C16H28N2. The van der Waals surface area contributed by atoms with Gasteiger partial charge in [0.1, 0.15) is 0 Å². The van der Waals surface area contributed by atoms with Crippen molar-refractivity contribution in [3.05, 3.63) is 29.3 Å². The van der Waals surface area contributed by atoms with Gasteiger partial charge in [-0.1, -0.05) is 31.5 Å². The number of nitrogens with one attached hydrogen (secondary N) is 1. The minimum absolute atomic E-state index is 0.533. The Morgan fingerprint density at radius 3 is 2.33 bits per heavy atom. The van der Waals surface area contributed by atoms with Crippen molar-refractivity contribution in [1.82, 2.24) is 5.32 Å². The average Bonchev–Trinajstić information content (AvgIpc) is 2.26. The summed E-state index contributed by atoms with van der Waals surface area (Å²) in [5.41, 5.74) is 4.10. The highest BCUT2D eigenvalue weighted by molar-refractivity contribution is 5.55. The van der Waals surface area contributed by atoms with Gasteiger partial charge in [-0.3, -0.25) is 0 Å². The Hall–Kier alpha value is -1.02. The fourth-order valence-electron chi connectivity index (χ4n) is 2.31. The lowest BCUT2D eigenvalue weighted by Gasteiger charge is -2.32. The molecule has 0 radical (unpaired) electrons. The zero-order valence-electron chi connectivity index (χ0n) is 12.7. The van der Waals surface area contributed by atoms with Crippen molar-refractivity contribution in [2.75, 3.05) is 18.5 Å². The number of anilines is 1. The molecule has 0 aliphatic heterocycles. The molecule has 1 aromatic carbocycles. The van der Waals surface area contributed by atoms with E-state index in [1.54, 1.807) is 0 Å². The van der Waals surface area contributed by atoms with Gasteiger partial charge >= 0.3 is 0 Å². The second-order valence-electron chi connectivity index (χ2n) is 5.80. The molecular weight excluding hydrogens is 220 g/mol. The Bertz CT molecular complexity index is 369. The molecule has 18 heavy (non-hydrogen) atoms. The molecule has 0 spiro atoms. The Balaban J connectivity index is 3.09. The largest absolute Gasteiger partial charge is 0.369 e. The maximum atomic E-state index is 3.27. The average molecular weight is 248 g/mol. The van der Waals surface area contributed by atoms with Gasteiger partial charge in [0, 0.05) is 24.8 Å². The number of nitrogens with zero attached hydrogens (tertiary/aromatic N) is 1. The summed E-state index contributed by atoms with van der Waals surface area (Å²) < 4.78 is 0. The number of aryl methyl sites for hydroxylation is 1. The van der Waals surface area contributed by atoms with E-state index in [2.05, 4.69) is 63.0 Å². The predicted molar refractivity (Wildman–Crippen MR) is 81.3 cm³/mol. The molecule has 1 aromatic rings. The first-order valence-corrected chi connectivity index (χ1v) is 6.96. The van der Waals surface area contributed by atoms with Crippen LogP contribution in [0.3, 0.4) is 0 Å². The third kappa shape index (κ3) is 4.02. The molecule has 2 heteroatoms. The zero-order valence-corrected chi connectivity index (χ0v) is 12.7. The standard InChI is InChI=1S/C16H28N2/c1-12(2)11-18(13(3)4)16-8-7-14(5)9-15(16)10-17-6/h7-9,12-13,17H,10-11H2,1-6H3. The predicted octanol–water partition coefficient (Wildman–Crippen LogP) is 3.59. The van der Waals surface area contributed by atoms with Crippen LogP contribution in [0.4, 0.5) is 5.69 Å². The van der Waals surface area contributed by atoms with Gasteiger partial charge in [-0.15, -0.1) is 0 Å². The van der Waals surface area contributed by atoms with Gasteiger partial charge in [0.15, 0.2) is 0 Å². The molecule has 0 fully saturated rings. The van der Waals surface area contributed by atoms with Crippen LogP contribution in [0.2, 0.25) is 0 Å². The van der Waals surface area contributed by atoms with Crippen LogP contribution < -0.4 is 10.2 Å². The summed E-state index contributed by atoms with van der Waals surface area (Å²) in [4.78, 5) is 2.51. The van der Waals surface area contributed by atoms with Crippen molar-refractivity contribution >= 4 is 5.69 Å². The van der Waals surface area contributed by atoms with Gasteiger partial charge in [0.2, 0.25) is 0 Å². The lowest BCUT2D eigenvalue weighted by Crippen LogP contribution is -2.35. The number of benzene rings is 1. The lowest BCUT2D eigenvalue weighted by molar-refractivity contribution is 0.568. The minimum atomic E-state index is 0.533. The summed E-state index contributed by atoms with van der Waals surface area (Å²) in [6.45, 7) is 13.3. The highest BCUT2D eigenvalue weighted by Gasteiger charge is 2.15. The Morgan fingerprint density at radius 2 is 1.83 bits per heavy atom. The Labute approximate surface area is 112 Å². The molecule has 0 aromatic heterocycles. The maximum absolute atomic E-state index is 3.27. The second-order valence-corrected chi connectivity index (χ2v) is 5.80. The highest BCUT2D eigenvalue weighted by Crippen LogP contribution is 2.25. The molecule has 0 unspecified atom stereocenters. The number of rotatable bonds is 6. The van der Waals surface area contributed by atoms with Gasteiger partial charge in [-0.05, 0) is 45.4 Å². The number of hydrogen-bond donors (Lipinski definition) is 1. The summed E-state index contributed by atoms with van der Waals surface area (Å²) >= 11 is 0. The van der Waals surface area contributed by atoms with Crippen LogP contribution in [-0.2, 0) is 6.54 Å². The topological polar surface area (TPSA) is 15.3 Å². The molecule has 2 nitrogen and oxygen atoms in total. The molecule has 0 saturated carbocycles. The quantitative estimate of drug-likeness (QED) is 0.827. The molecule has 1 rings (SSSR count). The molecule has 0 saturated heterocycles. The Kier molecular flexibility index (Phi) is 5.67. The highest BCUT2D eigenvalue weighted by atomic mass is 15.2. The normalized spacial score (nSPS) is 11.3. The lowest BCUT2D eigenvalue weighted by atomic mass is 10.1. The summed E-state index contributed by atoms with van der Waals surface area (Å²) in [7, 11) is 2.01. The van der Waals surface area contributed by atoms with Crippen LogP contribution in [0.15, 0.2) is 18.2 Å². The first-order chi connectivity index (χ1) is 8.45. The van der Waals surface area contributed by atoms with E-state index < -0.39 is 0 Å². The van der Waals surface area contributed by atoms with Gasteiger partial charge < -0.3 is 10.2 Å². The van der Waals surface area contributed by atoms with Gasteiger partial charge in [-0.2, -0.15) is 0 Å².